The molecule has 184 valence electrons. The summed E-state index contributed by atoms with van der Waals surface area (Å²) in [5, 5.41) is 3.51. The van der Waals surface area contributed by atoms with E-state index in [2.05, 4.69) is 5.32 Å². The fraction of sp³-hybridized carbons (Fsp3) is 0.167. The Labute approximate surface area is 218 Å². The van der Waals surface area contributed by atoms with Crippen molar-refractivity contribution in [2.24, 2.45) is 0 Å². The molecule has 0 saturated heterocycles. The van der Waals surface area contributed by atoms with Crippen LogP contribution >= 0.6 is 34.8 Å². The number of nitrogens with one attached hydrogen (secondary N) is 1. The van der Waals surface area contributed by atoms with Gasteiger partial charge in [0.25, 0.3) is 5.91 Å². The van der Waals surface area contributed by atoms with Crippen LogP contribution in [0.4, 0.5) is 11.4 Å². The van der Waals surface area contributed by atoms with Gasteiger partial charge in [-0.25, -0.2) is 13.2 Å². The molecule has 0 radical (unpaired) electrons. The molecule has 1 N–H and O–H groups in total. The highest BCUT2D eigenvalue weighted by Gasteiger charge is 2.21. The fourth-order valence-electron chi connectivity index (χ4n) is 3.18. The lowest BCUT2D eigenvalue weighted by Gasteiger charge is -2.23. The van der Waals surface area contributed by atoms with Crippen LogP contribution in [-0.4, -0.2) is 33.2 Å². The molecule has 0 aliphatic heterocycles. The first kappa shape index (κ1) is 26.8. The van der Waals surface area contributed by atoms with E-state index >= 15 is 0 Å². The number of carbonyl (C=O) groups is 2. The first-order valence-corrected chi connectivity index (χ1v) is 13.3. The van der Waals surface area contributed by atoms with Crippen LogP contribution in [0.1, 0.15) is 33.2 Å². The number of hydrogen-bond acceptors (Lipinski definition) is 5. The average molecular weight is 556 g/mol. The van der Waals surface area contributed by atoms with Crippen molar-refractivity contribution in [3.63, 3.8) is 0 Å². The summed E-state index contributed by atoms with van der Waals surface area (Å²) in [6, 6.07) is 15.4. The van der Waals surface area contributed by atoms with Crippen LogP contribution in [-0.2, 0) is 21.3 Å². The monoisotopic (exact) mass is 554 g/mol. The summed E-state index contributed by atoms with van der Waals surface area (Å²) in [5.74, 6) is -1.00. The van der Waals surface area contributed by atoms with Crippen LogP contribution in [0.15, 0.2) is 60.7 Å². The quantitative estimate of drug-likeness (QED) is 0.342. The predicted molar refractivity (Wildman–Crippen MR) is 139 cm³/mol. The molecular formula is C24H21Cl3N2O5S. The third-order valence-corrected chi connectivity index (χ3v) is 7.07. The molecule has 3 aromatic carbocycles. The minimum absolute atomic E-state index is 0.0752. The number of halogens is 3. The number of amides is 1. The molecule has 1 amide bonds. The largest absolute Gasteiger partial charge is 0.462 e. The van der Waals surface area contributed by atoms with Crippen molar-refractivity contribution >= 4 is 68.1 Å². The zero-order chi connectivity index (χ0) is 25.8. The van der Waals surface area contributed by atoms with Gasteiger partial charge in [-0.1, -0.05) is 40.9 Å². The summed E-state index contributed by atoms with van der Waals surface area (Å²) >= 11 is 18.6. The second kappa shape index (κ2) is 11.3. The molecule has 0 aliphatic carbocycles. The van der Waals surface area contributed by atoms with Crippen molar-refractivity contribution in [2.45, 2.75) is 13.5 Å². The van der Waals surface area contributed by atoms with Crippen LogP contribution in [0.2, 0.25) is 15.1 Å². The molecular weight excluding hydrogens is 535 g/mol. The highest BCUT2D eigenvalue weighted by atomic mass is 35.5. The minimum Gasteiger partial charge on any atom is -0.462 e. The summed E-state index contributed by atoms with van der Waals surface area (Å²) in [5.41, 5.74) is 1.65. The lowest BCUT2D eigenvalue weighted by Crippen LogP contribution is -2.29. The molecule has 0 saturated carbocycles. The Morgan fingerprint density at radius 3 is 2.11 bits per heavy atom. The Morgan fingerprint density at radius 1 is 0.943 bits per heavy atom. The number of anilines is 2. The Balaban J connectivity index is 1.79. The van der Waals surface area contributed by atoms with Gasteiger partial charge in [0.05, 0.1) is 35.7 Å². The van der Waals surface area contributed by atoms with E-state index in [1.807, 2.05) is 0 Å². The van der Waals surface area contributed by atoms with Crippen LogP contribution in [0.25, 0.3) is 0 Å². The highest BCUT2D eigenvalue weighted by Crippen LogP contribution is 2.29. The van der Waals surface area contributed by atoms with Gasteiger partial charge in [0.15, 0.2) is 0 Å². The molecule has 0 unspecified atom stereocenters. The molecule has 7 nitrogen and oxygen atoms in total. The molecule has 3 rings (SSSR count). The summed E-state index contributed by atoms with van der Waals surface area (Å²) in [6.07, 6.45) is 1.07. The van der Waals surface area contributed by atoms with Gasteiger partial charge in [-0.2, -0.15) is 0 Å². The highest BCUT2D eigenvalue weighted by molar-refractivity contribution is 7.92. The minimum atomic E-state index is -3.69. The van der Waals surface area contributed by atoms with Crippen molar-refractivity contribution < 1.29 is 22.7 Å². The smallest absolute Gasteiger partial charge is 0.339 e. The molecule has 0 heterocycles. The summed E-state index contributed by atoms with van der Waals surface area (Å²) in [4.78, 5) is 24.6. The molecule has 0 fully saturated rings. The Kier molecular flexibility index (Phi) is 8.66. The Hall–Kier alpha value is -2.78. The van der Waals surface area contributed by atoms with Crippen molar-refractivity contribution in [3.05, 3.63) is 92.4 Å². The topological polar surface area (TPSA) is 92.8 Å². The van der Waals surface area contributed by atoms with Gasteiger partial charge < -0.3 is 10.1 Å². The number of hydrogen-bond donors (Lipinski definition) is 1. The van der Waals surface area contributed by atoms with Gasteiger partial charge in [-0.15, -0.1) is 0 Å². The number of sulfonamides is 1. The standard InChI is InChI=1S/C24H21Cl3N2O5S/c1-3-34-24(31)18-12-9-16(13-22(18)27)28-23(30)15-7-10-17(11-8-15)29(35(2,32)33)14-19-20(25)5-4-6-21(19)26/h4-13H,3,14H2,1-2H3,(H,28,30). The molecule has 11 heteroatoms. The van der Waals surface area contributed by atoms with Gasteiger partial charge in [-0.05, 0) is 61.5 Å². The van der Waals surface area contributed by atoms with Crippen molar-refractivity contribution in [3.8, 4) is 0 Å². The van der Waals surface area contributed by atoms with Crippen LogP contribution in [0.3, 0.4) is 0 Å². The predicted octanol–water partition coefficient (Wildman–Crippen LogP) is 6.04. The summed E-state index contributed by atoms with van der Waals surface area (Å²) < 4.78 is 31.0. The third kappa shape index (κ3) is 6.67. The number of nitrogens with zero attached hydrogens (tertiary/aromatic N) is 1. The van der Waals surface area contributed by atoms with Crippen molar-refractivity contribution in [2.75, 3.05) is 22.5 Å². The molecule has 0 aliphatic rings. The first-order valence-electron chi connectivity index (χ1n) is 10.3. The Morgan fingerprint density at radius 2 is 1.57 bits per heavy atom. The van der Waals surface area contributed by atoms with Crippen LogP contribution < -0.4 is 9.62 Å². The zero-order valence-corrected chi connectivity index (χ0v) is 21.8. The van der Waals surface area contributed by atoms with Crippen molar-refractivity contribution in [1.82, 2.24) is 0 Å². The van der Waals surface area contributed by atoms with E-state index in [0.717, 1.165) is 10.6 Å². The Bertz CT molecular complexity index is 1340. The van der Waals surface area contributed by atoms with Gasteiger partial charge in [0.2, 0.25) is 10.0 Å². The second-order valence-electron chi connectivity index (χ2n) is 7.39. The van der Waals surface area contributed by atoms with E-state index in [0.29, 0.717) is 27.0 Å². The van der Waals surface area contributed by atoms with Gasteiger partial charge in [0, 0.05) is 26.9 Å². The van der Waals surface area contributed by atoms with E-state index in [9.17, 15) is 18.0 Å². The number of carbonyl (C=O) groups excluding carboxylic acids is 2. The lowest BCUT2D eigenvalue weighted by atomic mass is 10.1. The van der Waals surface area contributed by atoms with Crippen LogP contribution in [0.5, 0.6) is 0 Å². The molecule has 35 heavy (non-hydrogen) atoms. The van der Waals surface area contributed by atoms with Gasteiger partial charge in [-0.3, -0.25) is 9.10 Å². The van der Waals surface area contributed by atoms with Gasteiger partial charge >= 0.3 is 5.97 Å². The van der Waals surface area contributed by atoms with E-state index < -0.39 is 21.9 Å². The molecule has 0 aromatic heterocycles. The summed E-state index contributed by atoms with van der Waals surface area (Å²) in [7, 11) is -3.69. The first-order chi connectivity index (χ1) is 16.5. The summed E-state index contributed by atoms with van der Waals surface area (Å²) in [6.45, 7) is 1.83. The SMILES string of the molecule is CCOC(=O)c1ccc(NC(=O)c2ccc(N(Cc3c(Cl)cccc3Cl)S(C)(=O)=O)cc2)cc1Cl. The average Bonchev–Trinajstić information content (AvgIpc) is 2.78. The number of ether oxygens (including phenoxy) is 1. The normalized spacial score (nSPS) is 11.1. The second-order valence-corrected chi connectivity index (χ2v) is 10.5. The maximum Gasteiger partial charge on any atom is 0.339 e. The fourth-order valence-corrected chi connectivity index (χ4v) is 4.82. The molecule has 0 bridgehead atoms. The third-order valence-electron chi connectivity index (χ3n) is 4.90. The lowest BCUT2D eigenvalue weighted by molar-refractivity contribution is 0.0526. The van der Waals surface area contributed by atoms with E-state index in [1.54, 1.807) is 25.1 Å². The number of benzene rings is 3. The molecule has 0 atom stereocenters. The maximum atomic E-state index is 12.7. The van der Waals surface area contributed by atoms with E-state index in [4.69, 9.17) is 39.5 Å². The van der Waals surface area contributed by atoms with Crippen molar-refractivity contribution in [1.29, 1.82) is 0 Å². The number of rotatable bonds is 8. The zero-order valence-electron chi connectivity index (χ0n) is 18.7. The van der Waals surface area contributed by atoms with E-state index in [1.165, 1.54) is 42.5 Å². The number of esters is 1. The van der Waals surface area contributed by atoms with Gasteiger partial charge in [0.1, 0.15) is 0 Å². The van der Waals surface area contributed by atoms with E-state index in [-0.39, 0.29) is 29.3 Å². The maximum absolute atomic E-state index is 12.7. The van der Waals surface area contributed by atoms with Crippen LogP contribution in [0, 0.1) is 0 Å². The molecule has 3 aromatic rings. The molecule has 0 spiro atoms.